The quantitative estimate of drug-likeness (QED) is 0.388. The molecule has 2 aromatic rings. The Bertz CT molecular complexity index is 912. The number of carbonyl (C=O) groups excluding carboxylic acids is 3. The summed E-state index contributed by atoms with van der Waals surface area (Å²) < 4.78 is 23.5. The van der Waals surface area contributed by atoms with Crippen molar-refractivity contribution in [3.05, 3.63) is 58.3 Å². The van der Waals surface area contributed by atoms with Gasteiger partial charge in [0.05, 0.1) is 16.9 Å². The predicted octanol–water partition coefficient (Wildman–Crippen LogP) is 2.26. The Morgan fingerprint density at radius 3 is 2.59 bits per heavy atom. The van der Waals surface area contributed by atoms with E-state index < -0.39 is 52.5 Å². The number of hydrogen-bond acceptors (Lipinski definition) is 7. The van der Waals surface area contributed by atoms with Gasteiger partial charge in [-0.1, -0.05) is 13.8 Å². The molecular weight excluding hydrogens is 389 g/mol. The van der Waals surface area contributed by atoms with Crippen LogP contribution in [0.15, 0.2) is 41.0 Å². The molecule has 2 rings (SSSR count). The van der Waals surface area contributed by atoms with Crippen LogP contribution < -0.4 is 10.6 Å². The van der Waals surface area contributed by atoms with Crippen LogP contribution in [0.2, 0.25) is 0 Å². The molecule has 1 aromatic heterocycles. The third-order valence-corrected chi connectivity index (χ3v) is 3.73. The lowest BCUT2D eigenvalue weighted by Crippen LogP contribution is -2.45. The highest BCUT2D eigenvalue weighted by Crippen LogP contribution is 2.21. The first-order valence-corrected chi connectivity index (χ1v) is 8.44. The molecule has 11 heteroatoms. The smallest absolute Gasteiger partial charge is 0.329 e. The third kappa shape index (κ3) is 5.86. The molecule has 2 amide bonds. The first kappa shape index (κ1) is 21.5. The predicted molar refractivity (Wildman–Crippen MR) is 97.4 cm³/mol. The first-order valence-electron chi connectivity index (χ1n) is 8.44. The van der Waals surface area contributed by atoms with Gasteiger partial charge in [0, 0.05) is 12.1 Å². The summed E-state index contributed by atoms with van der Waals surface area (Å²) in [5, 5.41) is 15.3. The van der Waals surface area contributed by atoms with Crippen molar-refractivity contribution in [2.24, 2.45) is 5.92 Å². The van der Waals surface area contributed by atoms with E-state index in [0.717, 1.165) is 18.2 Å². The average molecular weight is 407 g/mol. The zero-order valence-corrected chi connectivity index (χ0v) is 15.5. The van der Waals surface area contributed by atoms with Crippen molar-refractivity contribution in [2.45, 2.75) is 19.9 Å². The lowest BCUT2D eigenvalue weighted by Gasteiger charge is -2.20. The number of esters is 1. The summed E-state index contributed by atoms with van der Waals surface area (Å²) in [6.45, 7) is 2.54. The number of non-ortho nitro benzene ring substituents is 1. The van der Waals surface area contributed by atoms with Crippen molar-refractivity contribution < 1.29 is 32.9 Å². The monoisotopic (exact) mass is 407 g/mol. The molecule has 1 aromatic carbocycles. The largest absolute Gasteiger partial charge is 0.459 e. The normalized spacial score (nSPS) is 11.6. The highest BCUT2D eigenvalue weighted by atomic mass is 19.1. The van der Waals surface area contributed by atoms with Gasteiger partial charge < -0.3 is 19.8 Å². The number of hydrogen-bond donors (Lipinski definition) is 2. The molecule has 0 spiro atoms. The van der Waals surface area contributed by atoms with E-state index in [4.69, 9.17) is 9.15 Å². The minimum Gasteiger partial charge on any atom is -0.459 e. The summed E-state index contributed by atoms with van der Waals surface area (Å²) in [5.41, 5.74) is -0.842. The van der Waals surface area contributed by atoms with E-state index in [2.05, 4.69) is 10.6 Å². The number of amides is 2. The maximum absolute atomic E-state index is 13.7. The van der Waals surface area contributed by atoms with E-state index in [0.29, 0.717) is 0 Å². The lowest BCUT2D eigenvalue weighted by atomic mass is 10.0. The van der Waals surface area contributed by atoms with Crippen molar-refractivity contribution in [1.82, 2.24) is 5.32 Å². The second-order valence-corrected chi connectivity index (χ2v) is 6.25. The van der Waals surface area contributed by atoms with Crippen LogP contribution in [-0.2, 0) is 14.3 Å². The number of carbonyl (C=O) groups is 3. The first-order chi connectivity index (χ1) is 13.7. The van der Waals surface area contributed by atoms with Gasteiger partial charge in [0.1, 0.15) is 11.9 Å². The summed E-state index contributed by atoms with van der Waals surface area (Å²) in [5.74, 6) is -3.66. The van der Waals surface area contributed by atoms with Crippen LogP contribution >= 0.6 is 0 Å². The van der Waals surface area contributed by atoms with Gasteiger partial charge in [-0.15, -0.1) is 0 Å². The fourth-order valence-corrected chi connectivity index (χ4v) is 2.25. The molecule has 10 nitrogen and oxygen atoms in total. The molecule has 0 aliphatic rings. The Morgan fingerprint density at radius 1 is 1.28 bits per heavy atom. The van der Waals surface area contributed by atoms with Crippen LogP contribution in [0.4, 0.5) is 15.8 Å². The Balaban J connectivity index is 1.95. The molecule has 0 aliphatic carbocycles. The molecule has 0 saturated carbocycles. The van der Waals surface area contributed by atoms with Crippen molar-refractivity contribution in [2.75, 3.05) is 11.9 Å². The molecule has 1 atom stereocenters. The number of nitro groups is 1. The Morgan fingerprint density at radius 2 is 2.00 bits per heavy atom. The van der Waals surface area contributed by atoms with E-state index in [1.165, 1.54) is 18.4 Å². The van der Waals surface area contributed by atoms with Crippen molar-refractivity contribution >= 4 is 29.2 Å². The molecular formula is C18H18FN3O7. The molecule has 0 saturated heterocycles. The lowest BCUT2D eigenvalue weighted by molar-refractivity contribution is -0.384. The number of nitrogens with one attached hydrogen (secondary N) is 2. The maximum atomic E-state index is 13.7. The van der Waals surface area contributed by atoms with Gasteiger partial charge >= 0.3 is 5.97 Å². The van der Waals surface area contributed by atoms with Crippen molar-refractivity contribution in [1.29, 1.82) is 0 Å². The Labute approximate surface area is 164 Å². The third-order valence-electron chi connectivity index (χ3n) is 3.73. The molecule has 154 valence electrons. The highest BCUT2D eigenvalue weighted by molar-refractivity contribution is 5.96. The molecule has 0 unspecified atom stereocenters. The second kappa shape index (κ2) is 9.44. The number of benzene rings is 1. The van der Waals surface area contributed by atoms with Crippen LogP contribution in [0.1, 0.15) is 24.4 Å². The van der Waals surface area contributed by atoms with Crippen molar-refractivity contribution in [3.8, 4) is 0 Å². The number of anilines is 1. The van der Waals surface area contributed by atoms with Crippen molar-refractivity contribution in [3.63, 3.8) is 0 Å². The van der Waals surface area contributed by atoms with Crippen LogP contribution in [0.3, 0.4) is 0 Å². The zero-order chi connectivity index (χ0) is 21.6. The fraction of sp³-hybridized carbons (Fsp3) is 0.278. The van der Waals surface area contributed by atoms with Gasteiger partial charge in [-0.2, -0.15) is 0 Å². The molecule has 0 radical (unpaired) electrons. The number of furan rings is 1. The minimum atomic E-state index is -1.06. The Kier molecular flexibility index (Phi) is 7.01. The standard InChI is InChI=1S/C18H18FN3O7/c1-10(2)16(21-17(24)14-4-3-7-28-14)18(25)29-9-15(23)20-13-8-11(22(26)27)5-6-12(13)19/h3-8,10,16H,9H2,1-2H3,(H,20,23)(H,21,24)/t16-/m1/s1. The summed E-state index contributed by atoms with van der Waals surface area (Å²) in [6, 6.07) is 4.48. The van der Waals surface area contributed by atoms with Gasteiger partial charge in [0.25, 0.3) is 17.5 Å². The SMILES string of the molecule is CC(C)[C@@H](NC(=O)c1ccco1)C(=O)OCC(=O)Nc1cc([N+](=O)[O-])ccc1F. The zero-order valence-electron chi connectivity index (χ0n) is 15.5. The molecule has 0 fully saturated rings. The summed E-state index contributed by atoms with van der Waals surface area (Å²) >= 11 is 0. The second-order valence-electron chi connectivity index (χ2n) is 6.25. The van der Waals surface area contributed by atoms with Gasteiger partial charge in [-0.25, -0.2) is 9.18 Å². The van der Waals surface area contributed by atoms with Gasteiger partial charge in [0.15, 0.2) is 12.4 Å². The molecule has 0 bridgehead atoms. The van der Waals surface area contributed by atoms with Gasteiger partial charge in [-0.3, -0.25) is 19.7 Å². The summed E-state index contributed by atoms with van der Waals surface area (Å²) in [7, 11) is 0. The van der Waals surface area contributed by atoms with E-state index >= 15 is 0 Å². The van der Waals surface area contributed by atoms with Gasteiger partial charge in [-0.05, 0) is 24.1 Å². The van der Waals surface area contributed by atoms with E-state index in [1.807, 2.05) is 0 Å². The topological polar surface area (TPSA) is 141 Å². The van der Waals surface area contributed by atoms with E-state index in [9.17, 15) is 28.9 Å². The maximum Gasteiger partial charge on any atom is 0.329 e. The minimum absolute atomic E-state index is 0.00217. The number of rotatable bonds is 8. The molecule has 1 heterocycles. The number of nitro benzene ring substituents is 1. The van der Waals surface area contributed by atoms with Crippen LogP contribution in [0.25, 0.3) is 0 Å². The number of halogens is 1. The average Bonchev–Trinajstić information content (AvgIpc) is 3.20. The summed E-state index contributed by atoms with van der Waals surface area (Å²) in [6.07, 6.45) is 1.30. The van der Waals surface area contributed by atoms with Crippen LogP contribution in [0.5, 0.6) is 0 Å². The van der Waals surface area contributed by atoms with E-state index in [-0.39, 0.29) is 11.7 Å². The molecule has 29 heavy (non-hydrogen) atoms. The highest BCUT2D eigenvalue weighted by Gasteiger charge is 2.27. The van der Waals surface area contributed by atoms with Gasteiger partial charge in [0.2, 0.25) is 0 Å². The van der Waals surface area contributed by atoms with Crippen LogP contribution in [0, 0.1) is 21.8 Å². The fourth-order valence-electron chi connectivity index (χ4n) is 2.25. The Hall–Kier alpha value is -3.76. The summed E-state index contributed by atoms with van der Waals surface area (Å²) in [4.78, 5) is 46.2. The molecule has 2 N–H and O–H groups in total. The number of ether oxygens (including phenoxy) is 1. The van der Waals surface area contributed by atoms with E-state index in [1.54, 1.807) is 13.8 Å². The van der Waals surface area contributed by atoms with Crippen LogP contribution in [-0.4, -0.2) is 35.4 Å². The molecule has 0 aliphatic heterocycles. The number of nitrogens with zero attached hydrogens (tertiary/aromatic N) is 1.